The number of fused-ring (bicyclic) bond motifs is 1. The van der Waals surface area contributed by atoms with E-state index in [0.717, 1.165) is 19.2 Å². The molecule has 2 rings (SSSR count). The van der Waals surface area contributed by atoms with Crippen LogP contribution < -0.4 is 0 Å². The molecule has 1 aliphatic rings. The lowest BCUT2D eigenvalue weighted by Gasteiger charge is -2.06. The summed E-state index contributed by atoms with van der Waals surface area (Å²) < 4.78 is 52.7. The Morgan fingerprint density at radius 2 is 1.71 bits per heavy atom. The van der Waals surface area contributed by atoms with Gasteiger partial charge in [0.25, 0.3) is 0 Å². The monoisotopic (exact) mass is 276 g/mol. The summed E-state index contributed by atoms with van der Waals surface area (Å²) in [7, 11) is -7.30. The first-order chi connectivity index (χ1) is 7.78. The fourth-order valence-electron chi connectivity index (χ4n) is 1.38. The zero-order valence-electron chi connectivity index (χ0n) is 8.45. The first-order valence-corrected chi connectivity index (χ1v) is 7.12. The molecule has 0 N–H and O–H groups in total. The van der Waals surface area contributed by atoms with Crippen molar-refractivity contribution in [3.05, 3.63) is 27.9 Å². The molecule has 0 bridgehead atoms. The highest BCUT2D eigenvalue weighted by atomic mass is 32.3. The van der Waals surface area contributed by atoms with Crippen LogP contribution in [0.2, 0.25) is 0 Å². The number of methoxy groups -OCH3 is 1. The molecular formula is C8H6NO6S2-. The summed E-state index contributed by atoms with van der Waals surface area (Å²) in [6.07, 6.45) is 0. The van der Waals surface area contributed by atoms with Crippen molar-refractivity contribution >= 4 is 26.0 Å². The van der Waals surface area contributed by atoms with Crippen molar-refractivity contribution in [1.29, 1.82) is 0 Å². The van der Waals surface area contributed by atoms with Crippen molar-refractivity contribution in [3.8, 4) is 0 Å². The van der Waals surface area contributed by atoms with Crippen molar-refractivity contribution in [2.75, 3.05) is 7.11 Å². The quantitative estimate of drug-likeness (QED) is 0.679. The maximum absolute atomic E-state index is 11.4. The van der Waals surface area contributed by atoms with Crippen LogP contribution in [-0.4, -0.2) is 29.9 Å². The average Bonchev–Trinajstić information content (AvgIpc) is 2.43. The number of esters is 1. The number of nitrogens with zero attached hydrogens (tertiary/aromatic N) is 1. The van der Waals surface area contributed by atoms with Crippen LogP contribution in [0.1, 0.15) is 10.4 Å². The number of benzene rings is 1. The van der Waals surface area contributed by atoms with Crippen LogP contribution in [-0.2, 0) is 24.8 Å². The van der Waals surface area contributed by atoms with Crippen molar-refractivity contribution in [2.24, 2.45) is 0 Å². The van der Waals surface area contributed by atoms with Crippen molar-refractivity contribution in [2.45, 2.75) is 9.79 Å². The number of carbonyl (C=O) groups excluding carboxylic acids is 1. The van der Waals surface area contributed by atoms with E-state index < -0.39 is 35.8 Å². The van der Waals surface area contributed by atoms with Gasteiger partial charge in [-0.05, 0) is 18.2 Å². The minimum absolute atomic E-state index is 0.0536. The van der Waals surface area contributed by atoms with E-state index in [9.17, 15) is 21.6 Å². The van der Waals surface area contributed by atoms with Gasteiger partial charge in [-0.15, -0.1) is 0 Å². The predicted molar refractivity (Wildman–Crippen MR) is 55.5 cm³/mol. The van der Waals surface area contributed by atoms with Crippen LogP contribution in [0.5, 0.6) is 0 Å². The molecule has 1 aromatic carbocycles. The Labute approximate surface area is 97.5 Å². The fourth-order valence-corrected chi connectivity index (χ4v) is 4.84. The van der Waals surface area contributed by atoms with Crippen LogP contribution in [0.15, 0.2) is 28.0 Å². The van der Waals surface area contributed by atoms with Gasteiger partial charge >= 0.3 is 5.97 Å². The lowest BCUT2D eigenvalue weighted by atomic mass is 10.2. The van der Waals surface area contributed by atoms with Crippen LogP contribution in [0, 0.1) is 0 Å². The molecule has 0 amide bonds. The number of sulfonamides is 2. The first kappa shape index (κ1) is 12.0. The van der Waals surface area contributed by atoms with Crippen LogP contribution in [0.25, 0.3) is 4.13 Å². The average molecular weight is 276 g/mol. The summed E-state index contributed by atoms with van der Waals surface area (Å²) in [4.78, 5) is 10.3. The molecule has 1 aromatic rings. The molecule has 0 saturated carbocycles. The summed E-state index contributed by atoms with van der Waals surface area (Å²) in [6, 6.07) is 3.12. The molecule has 9 heteroatoms. The van der Waals surface area contributed by atoms with Gasteiger partial charge in [-0.1, -0.05) is 0 Å². The third kappa shape index (κ3) is 1.81. The number of ether oxygens (including phenoxy) is 1. The Bertz CT molecular complexity index is 704. The summed E-state index contributed by atoms with van der Waals surface area (Å²) in [5.74, 6) is -0.757. The maximum Gasteiger partial charge on any atom is 0.337 e. The first-order valence-electron chi connectivity index (χ1n) is 4.24. The van der Waals surface area contributed by atoms with Gasteiger partial charge in [-0.25, -0.2) is 21.6 Å². The van der Waals surface area contributed by atoms with E-state index in [4.69, 9.17) is 0 Å². The van der Waals surface area contributed by atoms with Crippen LogP contribution >= 0.6 is 0 Å². The molecule has 0 aromatic heterocycles. The highest BCUT2D eigenvalue weighted by Gasteiger charge is 2.28. The van der Waals surface area contributed by atoms with E-state index >= 15 is 0 Å². The number of carbonyl (C=O) groups is 1. The van der Waals surface area contributed by atoms with E-state index in [1.165, 1.54) is 6.07 Å². The highest BCUT2D eigenvalue weighted by molar-refractivity contribution is 8.14. The van der Waals surface area contributed by atoms with Gasteiger partial charge < -0.3 is 8.86 Å². The molecule has 0 saturated heterocycles. The van der Waals surface area contributed by atoms with E-state index in [0.29, 0.717) is 0 Å². The zero-order chi connectivity index (χ0) is 12.8. The molecule has 0 unspecified atom stereocenters. The van der Waals surface area contributed by atoms with Gasteiger partial charge in [0, 0.05) is 0 Å². The maximum atomic E-state index is 11.4. The van der Waals surface area contributed by atoms with Crippen molar-refractivity contribution < 1.29 is 26.4 Å². The summed E-state index contributed by atoms with van der Waals surface area (Å²) in [5.41, 5.74) is -0.0536. The largest absolute Gasteiger partial charge is 0.465 e. The summed E-state index contributed by atoms with van der Waals surface area (Å²) in [6.45, 7) is 0. The topological polar surface area (TPSA) is 109 Å². The van der Waals surface area contributed by atoms with Gasteiger partial charge in [0.15, 0.2) is 0 Å². The highest BCUT2D eigenvalue weighted by Crippen LogP contribution is 2.38. The zero-order valence-corrected chi connectivity index (χ0v) is 10.1. The molecule has 0 radical (unpaired) electrons. The third-order valence-corrected chi connectivity index (χ3v) is 5.62. The second-order valence-electron chi connectivity index (χ2n) is 3.18. The second-order valence-corrected chi connectivity index (χ2v) is 6.55. The van der Waals surface area contributed by atoms with E-state index in [2.05, 4.69) is 8.86 Å². The van der Waals surface area contributed by atoms with E-state index in [1.54, 1.807) is 0 Å². The summed E-state index contributed by atoms with van der Waals surface area (Å²) >= 11 is 0. The SMILES string of the molecule is COC(=O)c1ccc2c(c1)S(=O)(=O)[N-]S2(=O)=O. The Balaban J connectivity index is 2.74. The van der Waals surface area contributed by atoms with E-state index in [-0.39, 0.29) is 5.56 Å². The second kappa shape index (κ2) is 3.52. The Kier molecular flexibility index (Phi) is 2.49. The van der Waals surface area contributed by atoms with Crippen molar-refractivity contribution in [1.82, 2.24) is 0 Å². The third-order valence-electron chi connectivity index (χ3n) is 2.12. The molecule has 0 fully saturated rings. The smallest absolute Gasteiger partial charge is 0.337 e. The van der Waals surface area contributed by atoms with Gasteiger partial charge in [-0.3, -0.25) is 0 Å². The lowest BCUT2D eigenvalue weighted by molar-refractivity contribution is 0.0600. The molecule has 0 aliphatic carbocycles. The van der Waals surface area contributed by atoms with Crippen LogP contribution in [0.4, 0.5) is 0 Å². The molecular weight excluding hydrogens is 270 g/mol. The van der Waals surface area contributed by atoms with Gasteiger partial charge in [-0.2, -0.15) is 0 Å². The molecule has 7 nitrogen and oxygen atoms in total. The number of hydrogen-bond acceptors (Lipinski definition) is 6. The van der Waals surface area contributed by atoms with Gasteiger partial charge in [0.2, 0.25) is 0 Å². The standard InChI is InChI=1S/C8H6NO6S2/c1-15-8(10)5-2-3-6-7(4-5)17(13,14)9-16(6,11)12/h2-4H,1H3/q-1. The van der Waals surface area contributed by atoms with Gasteiger partial charge in [0.1, 0.15) is 20.0 Å². The predicted octanol–water partition coefficient (Wildman–Crippen LogP) is 0.238. The Morgan fingerprint density at radius 1 is 1.12 bits per heavy atom. The normalized spacial score (nSPS) is 19.6. The number of hydrogen-bond donors (Lipinski definition) is 0. The summed E-state index contributed by atoms with van der Waals surface area (Å²) in [5, 5.41) is 0. The minimum Gasteiger partial charge on any atom is -0.465 e. The van der Waals surface area contributed by atoms with E-state index in [1.807, 2.05) is 0 Å². The molecule has 0 atom stereocenters. The molecule has 1 aliphatic heterocycles. The Morgan fingerprint density at radius 3 is 2.29 bits per heavy atom. The molecule has 17 heavy (non-hydrogen) atoms. The fraction of sp³-hybridized carbons (Fsp3) is 0.125. The lowest BCUT2D eigenvalue weighted by Crippen LogP contribution is -2.03. The molecule has 0 spiro atoms. The Hall–Kier alpha value is -1.45. The molecule has 1 heterocycles. The molecule has 92 valence electrons. The minimum atomic E-state index is -4.25. The van der Waals surface area contributed by atoms with Crippen molar-refractivity contribution in [3.63, 3.8) is 0 Å². The van der Waals surface area contributed by atoms with Crippen LogP contribution in [0.3, 0.4) is 0 Å². The van der Waals surface area contributed by atoms with Gasteiger partial charge in [0.05, 0.1) is 22.5 Å². The number of rotatable bonds is 1.